The van der Waals surface area contributed by atoms with Crippen molar-refractivity contribution in [3.05, 3.63) is 35.4 Å². The molecule has 3 aliphatic rings. The van der Waals surface area contributed by atoms with E-state index in [1.54, 1.807) is 5.56 Å². The predicted octanol–water partition coefficient (Wildman–Crippen LogP) is 3.00. The number of benzene rings is 1. The highest BCUT2D eigenvalue weighted by Gasteiger charge is 2.31. The van der Waals surface area contributed by atoms with Crippen molar-refractivity contribution in [3.63, 3.8) is 0 Å². The highest BCUT2D eigenvalue weighted by Crippen LogP contribution is 2.35. The third-order valence-corrected chi connectivity index (χ3v) is 5.11. The van der Waals surface area contributed by atoms with E-state index < -0.39 is 0 Å². The Hall–Kier alpha value is -0.860. The van der Waals surface area contributed by atoms with E-state index in [-0.39, 0.29) is 0 Å². The van der Waals surface area contributed by atoms with Gasteiger partial charge in [0, 0.05) is 38.6 Å². The van der Waals surface area contributed by atoms with E-state index in [1.165, 1.54) is 50.9 Å². The second kappa shape index (κ2) is 5.50. The van der Waals surface area contributed by atoms with Crippen molar-refractivity contribution >= 4 is 0 Å². The maximum Gasteiger partial charge on any atom is 0.0208 e. The SMILES string of the molecule is c1ccc2c(c1)CNCC2CN(CC1CC1)CC1CC1. The van der Waals surface area contributed by atoms with Gasteiger partial charge >= 0.3 is 0 Å². The minimum Gasteiger partial charge on any atom is -0.312 e. The number of fused-ring (bicyclic) bond motifs is 1. The third-order valence-electron chi connectivity index (χ3n) is 5.11. The van der Waals surface area contributed by atoms with Crippen LogP contribution in [0.4, 0.5) is 0 Å². The van der Waals surface area contributed by atoms with Gasteiger partial charge < -0.3 is 10.2 Å². The first-order valence-corrected chi connectivity index (χ1v) is 8.39. The lowest BCUT2D eigenvalue weighted by molar-refractivity contribution is 0.232. The van der Waals surface area contributed by atoms with Crippen LogP contribution in [-0.4, -0.2) is 31.1 Å². The number of hydrogen-bond acceptors (Lipinski definition) is 2. The number of rotatable bonds is 6. The Kier molecular flexibility index (Phi) is 3.53. The Bertz CT molecular complexity index is 448. The van der Waals surface area contributed by atoms with E-state index in [1.807, 2.05) is 0 Å². The zero-order chi connectivity index (χ0) is 13.4. The summed E-state index contributed by atoms with van der Waals surface area (Å²) in [6.07, 6.45) is 5.89. The molecule has 1 atom stereocenters. The normalized spacial score (nSPS) is 25.8. The molecule has 2 saturated carbocycles. The lowest BCUT2D eigenvalue weighted by atomic mass is 9.90. The van der Waals surface area contributed by atoms with Crippen LogP contribution in [0.3, 0.4) is 0 Å². The van der Waals surface area contributed by atoms with E-state index >= 15 is 0 Å². The molecule has 0 radical (unpaired) electrons. The topological polar surface area (TPSA) is 15.3 Å². The Morgan fingerprint density at radius 3 is 2.35 bits per heavy atom. The molecule has 0 spiro atoms. The fourth-order valence-corrected chi connectivity index (χ4v) is 3.61. The molecule has 0 aromatic heterocycles. The van der Waals surface area contributed by atoms with Crippen LogP contribution < -0.4 is 5.32 Å². The molecule has 1 aliphatic heterocycles. The van der Waals surface area contributed by atoms with Gasteiger partial charge in [0.25, 0.3) is 0 Å². The van der Waals surface area contributed by atoms with Gasteiger partial charge in [-0.05, 0) is 48.6 Å². The predicted molar refractivity (Wildman–Crippen MR) is 82.8 cm³/mol. The van der Waals surface area contributed by atoms with Crippen molar-refractivity contribution in [1.82, 2.24) is 10.2 Å². The summed E-state index contributed by atoms with van der Waals surface area (Å²) < 4.78 is 0. The molecule has 0 amide bonds. The molecule has 2 aliphatic carbocycles. The first-order valence-electron chi connectivity index (χ1n) is 8.39. The zero-order valence-electron chi connectivity index (χ0n) is 12.4. The monoisotopic (exact) mass is 270 g/mol. The van der Waals surface area contributed by atoms with Crippen LogP contribution in [-0.2, 0) is 6.54 Å². The van der Waals surface area contributed by atoms with Crippen molar-refractivity contribution in [1.29, 1.82) is 0 Å². The molecule has 20 heavy (non-hydrogen) atoms. The molecule has 0 saturated heterocycles. The third kappa shape index (κ3) is 3.07. The molecular weight excluding hydrogens is 244 g/mol. The van der Waals surface area contributed by atoms with Gasteiger partial charge in [-0.2, -0.15) is 0 Å². The Balaban J connectivity index is 1.45. The summed E-state index contributed by atoms with van der Waals surface area (Å²) in [4.78, 5) is 2.78. The van der Waals surface area contributed by atoms with Crippen LogP contribution in [0.2, 0.25) is 0 Å². The lowest BCUT2D eigenvalue weighted by Crippen LogP contribution is -2.38. The van der Waals surface area contributed by atoms with Crippen molar-refractivity contribution in [3.8, 4) is 0 Å². The number of nitrogens with one attached hydrogen (secondary N) is 1. The average Bonchev–Trinajstić information content (AvgIpc) is 3.36. The van der Waals surface area contributed by atoms with Crippen molar-refractivity contribution in [2.45, 2.75) is 38.1 Å². The molecule has 1 aromatic rings. The van der Waals surface area contributed by atoms with E-state index in [2.05, 4.69) is 34.5 Å². The summed E-state index contributed by atoms with van der Waals surface area (Å²) in [5.74, 6) is 2.72. The van der Waals surface area contributed by atoms with E-state index in [0.717, 1.165) is 24.9 Å². The van der Waals surface area contributed by atoms with Crippen LogP contribution >= 0.6 is 0 Å². The van der Waals surface area contributed by atoms with E-state index in [9.17, 15) is 0 Å². The van der Waals surface area contributed by atoms with Crippen molar-refractivity contribution in [2.24, 2.45) is 11.8 Å². The van der Waals surface area contributed by atoms with Crippen molar-refractivity contribution < 1.29 is 0 Å². The van der Waals surface area contributed by atoms with Crippen LogP contribution in [0.1, 0.15) is 42.7 Å². The summed E-state index contributed by atoms with van der Waals surface area (Å²) in [6.45, 7) is 6.18. The van der Waals surface area contributed by atoms with E-state index in [4.69, 9.17) is 0 Å². The van der Waals surface area contributed by atoms with E-state index in [0.29, 0.717) is 5.92 Å². The van der Waals surface area contributed by atoms with Gasteiger partial charge in [-0.25, -0.2) is 0 Å². The molecule has 0 bridgehead atoms. The van der Waals surface area contributed by atoms with Gasteiger partial charge in [0.1, 0.15) is 0 Å². The molecule has 108 valence electrons. The standard InChI is InChI=1S/C18H26N2/c1-2-4-18-16(3-1)9-19-10-17(18)13-20(11-14-5-6-14)12-15-7-8-15/h1-4,14-15,17,19H,5-13H2. The Labute approximate surface area is 122 Å². The van der Waals surface area contributed by atoms with Crippen LogP contribution in [0.5, 0.6) is 0 Å². The summed E-state index contributed by atoms with van der Waals surface area (Å²) in [5, 5.41) is 3.61. The Morgan fingerprint density at radius 2 is 1.65 bits per heavy atom. The average molecular weight is 270 g/mol. The highest BCUT2D eigenvalue weighted by molar-refractivity contribution is 5.32. The zero-order valence-corrected chi connectivity index (χ0v) is 12.4. The van der Waals surface area contributed by atoms with Crippen molar-refractivity contribution in [2.75, 3.05) is 26.2 Å². The Morgan fingerprint density at radius 1 is 0.950 bits per heavy atom. The minimum absolute atomic E-state index is 0.692. The first kappa shape index (κ1) is 12.8. The van der Waals surface area contributed by atoms with Gasteiger partial charge in [-0.1, -0.05) is 24.3 Å². The smallest absolute Gasteiger partial charge is 0.0208 e. The maximum atomic E-state index is 3.61. The number of hydrogen-bond donors (Lipinski definition) is 1. The maximum absolute atomic E-state index is 3.61. The van der Waals surface area contributed by atoms with Crippen LogP contribution in [0, 0.1) is 11.8 Å². The second-order valence-corrected chi connectivity index (χ2v) is 7.13. The molecule has 1 aromatic carbocycles. The largest absolute Gasteiger partial charge is 0.312 e. The highest BCUT2D eigenvalue weighted by atomic mass is 15.1. The molecule has 2 nitrogen and oxygen atoms in total. The van der Waals surface area contributed by atoms with Gasteiger partial charge in [-0.15, -0.1) is 0 Å². The quantitative estimate of drug-likeness (QED) is 0.855. The molecule has 1 heterocycles. The lowest BCUT2D eigenvalue weighted by Gasteiger charge is -2.32. The molecule has 2 heteroatoms. The van der Waals surface area contributed by atoms with Gasteiger partial charge in [0.2, 0.25) is 0 Å². The molecule has 4 rings (SSSR count). The summed E-state index contributed by atoms with van der Waals surface area (Å²) in [6, 6.07) is 9.03. The minimum atomic E-state index is 0.692. The molecular formula is C18H26N2. The second-order valence-electron chi connectivity index (χ2n) is 7.13. The molecule has 2 fully saturated rings. The van der Waals surface area contributed by atoms with Crippen LogP contribution in [0.15, 0.2) is 24.3 Å². The van der Waals surface area contributed by atoms with Gasteiger partial charge in [0.15, 0.2) is 0 Å². The summed E-state index contributed by atoms with van der Waals surface area (Å²) in [5.41, 5.74) is 3.12. The number of nitrogens with zero attached hydrogens (tertiary/aromatic N) is 1. The first-order chi connectivity index (χ1) is 9.88. The van der Waals surface area contributed by atoms with Crippen LogP contribution in [0.25, 0.3) is 0 Å². The van der Waals surface area contributed by atoms with Gasteiger partial charge in [0.05, 0.1) is 0 Å². The van der Waals surface area contributed by atoms with Gasteiger partial charge in [-0.3, -0.25) is 0 Å². The molecule has 1 unspecified atom stereocenters. The fourth-order valence-electron chi connectivity index (χ4n) is 3.61. The summed E-state index contributed by atoms with van der Waals surface area (Å²) >= 11 is 0. The fraction of sp³-hybridized carbons (Fsp3) is 0.667. The molecule has 1 N–H and O–H groups in total. The summed E-state index contributed by atoms with van der Waals surface area (Å²) in [7, 11) is 0.